The number of ether oxygens (including phenoxy) is 1. The van der Waals surface area contributed by atoms with Gasteiger partial charge in [0.1, 0.15) is 5.82 Å². The third-order valence-corrected chi connectivity index (χ3v) is 6.33. The molecule has 1 fully saturated rings. The van der Waals surface area contributed by atoms with Gasteiger partial charge in [-0.1, -0.05) is 48.9 Å². The number of hydrogen-bond donors (Lipinski definition) is 1. The quantitative estimate of drug-likeness (QED) is 0.565. The fourth-order valence-electron chi connectivity index (χ4n) is 4.34. The number of nitrogens with one attached hydrogen (secondary N) is 1. The normalized spacial score (nSPS) is 23.5. The van der Waals surface area contributed by atoms with Gasteiger partial charge in [-0.25, -0.2) is 4.39 Å². The molecule has 0 unspecified atom stereocenters. The SMILES string of the molecule is CC[C@@]1(C)C[C@H]([C@@H](CCNCc2ccc(F)cc2)c2ccc(C)cc2)CCO1. The highest BCUT2D eigenvalue weighted by Crippen LogP contribution is 2.41. The molecule has 0 saturated carbocycles. The Morgan fingerprint density at radius 3 is 2.54 bits per heavy atom. The molecule has 0 spiro atoms. The Morgan fingerprint density at radius 2 is 1.86 bits per heavy atom. The van der Waals surface area contributed by atoms with Gasteiger partial charge < -0.3 is 10.1 Å². The fourth-order valence-corrected chi connectivity index (χ4v) is 4.34. The maximum Gasteiger partial charge on any atom is 0.123 e. The van der Waals surface area contributed by atoms with Crippen molar-refractivity contribution in [3.63, 3.8) is 0 Å². The van der Waals surface area contributed by atoms with E-state index in [9.17, 15) is 4.39 Å². The highest BCUT2D eigenvalue weighted by atomic mass is 19.1. The smallest absolute Gasteiger partial charge is 0.123 e. The molecule has 3 atom stereocenters. The van der Waals surface area contributed by atoms with Gasteiger partial charge in [-0.15, -0.1) is 0 Å². The lowest BCUT2D eigenvalue weighted by Gasteiger charge is -2.41. The highest BCUT2D eigenvalue weighted by molar-refractivity contribution is 5.25. The van der Waals surface area contributed by atoms with Crippen LogP contribution in [0, 0.1) is 18.7 Å². The zero-order chi connectivity index (χ0) is 20.0. The van der Waals surface area contributed by atoms with Gasteiger partial charge in [-0.2, -0.15) is 0 Å². The Morgan fingerprint density at radius 1 is 1.14 bits per heavy atom. The van der Waals surface area contributed by atoms with Crippen molar-refractivity contribution in [1.82, 2.24) is 5.32 Å². The summed E-state index contributed by atoms with van der Waals surface area (Å²) in [5.74, 6) is 1.01. The molecule has 1 heterocycles. The summed E-state index contributed by atoms with van der Waals surface area (Å²) < 4.78 is 19.2. The van der Waals surface area contributed by atoms with E-state index in [4.69, 9.17) is 4.74 Å². The molecular formula is C25H34FNO. The maximum absolute atomic E-state index is 13.1. The third-order valence-electron chi connectivity index (χ3n) is 6.33. The fraction of sp³-hybridized carbons (Fsp3) is 0.520. The van der Waals surface area contributed by atoms with E-state index < -0.39 is 0 Å². The van der Waals surface area contributed by atoms with E-state index in [-0.39, 0.29) is 11.4 Å². The lowest BCUT2D eigenvalue weighted by molar-refractivity contribution is -0.0915. The van der Waals surface area contributed by atoms with Crippen LogP contribution in [0.5, 0.6) is 0 Å². The Balaban J connectivity index is 1.64. The molecule has 152 valence electrons. The van der Waals surface area contributed by atoms with Gasteiger partial charge in [-0.05, 0) is 81.2 Å². The first kappa shape index (κ1) is 21.0. The molecular weight excluding hydrogens is 349 g/mol. The van der Waals surface area contributed by atoms with Crippen LogP contribution in [-0.2, 0) is 11.3 Å². The number of aryl methyl sites for hydroxylation is 1. The van der Waals surface area contributed by atoms with Crippen LogP contribution in [0.3, 0.4) is 0 Å². The lowest BCUT2D eigenvalue weighted by Crippen LogP contribution is -2.38. The summed E-state index contributed by atoms with van der Waals surface area (Å²) in [5, 5.41) is 3.55. The second kappa shape index (κ2) is 9.67. The minimum atomic E-state index is -0.179. The third kappa shape index (κ3) is 5.65. The van der Waals surface area contributed by atoms with Crippen molar-refractivity contribution in [3.8, 4) is 0 Å². The van der Waals surface area contributed by atoms with Gasteiger partial charge in [-0.3, -0.25) is 0 Å². The molecule has 1 saturated heterocycles. The van der Waals surface area contributed by atoms with Crippen molar-refractivity contribution in [2.75, 3.05) is 13.2 Å². The number of benzene rings is 2. The summed E-state index contributed by atoms with van der Waals surface area (Å²) in [4.78, 5) is 0. The molecule has 1 aliphatic rings. The summed E-state index contributed by atoms with van der Waals surface area (Å²) in [6.45, 7) is 9.23. The van der Waals surface area contributed by atoms with Crippen molar-refractivity contribution >= 4 is 0 Å². The summed E-state index contributed by atoms with van der Waals surface area (Å²) in [6, 6.07) is 15.8. The molecule has 3 rings (SSSR count). The van der Waals surface area contributed by atoms with Crippen LogP contribution in [-0.4, -0.2) is 18.8 Å². The molecule has 2 aromatic carbocycles. The van der Waals surface area contributed by atoms with E-state index in [2.05, 4.69) is 50.4 Å². The molecule has 2 nitrogen and oxygen atoms in total. The first-order valence-corrected chi connectivity index (χ1v) is 10.6. The summed E-state index contributed by atoms with van der Waals surface area (Å²) >= 11 is 0. The minimum Gasteiger partial charge on any atom is -0.375 e. The van der Waals surface area contributed by atoms with Crippen molar-refractivity contribution in [2.45, 2.75) is 64.5 Å². The van der Waals surface area contributed by atoms with Gasteiger partial charge in [0.05, 0.1) is 5.60 Å². The van der Waals surface area contributed by atoms with Gasteiger partial charge >= 0.3 is 0 Å². The van der Waals surface area contributed by atoms with Crippen LogP contribution in [0.1, 0.15) is 62.1 Å². The second-order valence-corrected chi connectivity index (χ2v) is 8.51. The molecule has 3 heteroatoms. The number of hydrogen-bond acceptors (Lipinski definition) is 2. The lowest BCUT2D eigenvalue weighted by atomic mass is 9.74. The average molecular weight is 384 g/mol. The summed E-state index contributed by atoms with van der Waals surface area (Å²) in [7, 11) is 0. The van der Waals surface area contributed by atoms with Crippen LogP contribution in [0.25, 0.3) is 0 Å². The Kier molecular flexibility index (Phi) is 7.25. The van der Waals surface area contributed by atoms with E-state index in [0.29, 0.717) is 11.8 Å². The van der Waals surface area contributed by atoms with Crippen LogP contribution in [0.2, 0.25) is 0 Å². The van der Waals surface area contributed by atoms with E-state index in [1.54, 1.807) is 0 Å². The van der Waals surface area contributed by atoms with Crippen molar-refractivity contribution in [1.29, 1.82) is 0 Å². The molecule has 0 amide bonds. The van der Waals surface area contributed by atoms with Crippen LogP contribution in [0.15, 0.2) is 48.5 Å². The van der Waals surface area contributed by atoms with Crippen LogP contribution < -0.4 is 5.32 Å². The van der Waals surface area contributed by atoms with Crippen molar-refractivity contribution in [2.24, 2.45) is 5.92 Å². The number of halogens is 1. The van der Waals surface area contributed by atoms with Gasteiger partial charge in [0.15, 0.2) is 0 Å². The predicted molar refractivity (Wildman–Crippen MR) is 114 cm³/mol. The molecule has 1 N–H and O–H groups in total. The molecule has 0 aliphatic carbocycles. The molecule has 1 aliphatic heterocycles. The zero-order valence-corrected chi connectivity index (χ0v) is 17.5. The van der Waals surface area contributed by atoms with Crippen LogP contribution >= 0.6 is 0 Å². The Hall–Kier alpha value is -1.71. The summed E-state index contributed by atoms with van der Waals surface area (Å²) in [5.41, 5.74) is 3.88. The van der Waals surface area contributed by atoms with E-state index in [1.165, 1.54) is 23.3 Å². The minimum absolute atomic E-state index is 0.00735. The zero-order valence-electron chi connectivity index (χ0n) is 17.5. The van der Waals surface area contributed by atoms with E-state index >= 15 is 0 Å². The topological polar surface area (TPSA) is 21.3 Å². The number of rotatable bonds is 8. The second-order valence-electron chi connectivity index (χ2n) is 8.51. The van der Waals surface area contributed by atoms with Gasteiger partial charge in [0, 0.05) is 13.2 Å². The first-order valence-electron chi connectivity index (χ1n) is 10.6. The molecule has 2 aromatic rings. The molecule has 28 heavy (non-hydrogen) atoms. The van der Waals surface area contributed by atoms with Crippen molar-refractivity contribution in [3.05, 3.63) is 71.0 Å². The maximum atomic E-state index is 13.1. The average Bonchev–Trinajstić information content (AvgIpc) is 2.70. The van der Waals surface area contributed by atoms with Gasteiger partial charge in [0.2, 0.25) is 0 Å². The highest BCUT2D eigenvalue weighted by Gasteiger charge is 2.35. The Bertz CT molecular complexity index is 727. The van der Waals surface area contributed by atoms with E-state index in [1.807, 2.05) is 12.1 Å². The van der Waals surface area contributed by atoms with Crippen molar-refractivity contribution < 1.29 is 9.13 Å². The van der Waals surface area contributed by atoms with E-state index in [0.717, 1.165) is 50.9 Å². The Labute approximate surface area is 169 Å². The molecule has 0 radical (unpaired) electrons. The van der Waals surface area contributed by atoms with Crippen LogP contribution in [0.4, 0.5) is 4.39 Å². The monoisotopic (exact) mass is 383 g/mol. The first-order chi connectivity index (χ1) is 13.5. The standard InChI is InChI=1S/C25H34FNO/c1-4-25(3)17-22(14-16-28-25)24(21-9-5-19(2)6-10-21)13-15-27-18-20-7-11-23(26)12-8-20/h5-12,22,24,27H,4,13-18H2,1-3H3/t22-,24+,25+/m1/s1. The summed E-state index contributed by atoms with van der Waals surface area (Å²) in [6.07, 6.45) is 4.42. The largest absolute Gasteiger partial charge is 0.375 e. The molecule has 0 aromatic heterocycles. The van der Waals surface area contributed by atoms with Gasteiger partial charge in [0.25, 0.3) is 0 Å². The molecule has 0 bridgehead atoms. The predicted octanol–water partition coefficient (Wildman–Crippen LogP) is 5.99.